The minimum absolute atomic E-state index is 0.385. The van der Waals surface area contributed by atoms with Crippen LogP contribution in [0.1, 0.15) is 71.6 Å². The summed E-state index contributed by atoms with van der Waals surface area (Å²) in [6, 6.07) is 6.37. The van der Waals surface area contributed by atoms with E-state index in [1.807, 2.05) is 0 Å². The maximum atomic E-state index is 5.61. The Hall–Kier alpha value is -1.06. The molecule has 0 spiro atoms. The van der Waals surface area contributed by atoms with E-state index in [1.165, 1.54) is 68.2 Å². The highest BCUT2D eigenvalue weighted by Gasteiger charge is 2.12. The summed E-state index contributed by atoms with van der Waals surface area (Å²) in [5.41, 5.74) is 0. The second-order valence-electron chi connectivity index (χ2n) is 7.04. The maximum absolute atomic E-state index is 5.61. The van der Waals surface area contributed by atoms with Crippen molar-refractivity contribution in [2.75, 3.05) is 26.4 Å². The van der Waals surface area contributed by atoms with Crippen molar-refractivity contribution in [3.05, 3.63) is 28.6 Å². The monoisotopic (exact) mass is 348 g/mol. The fourth-order valence-corrected chi connectivity index (χ4v) is 3.09. The standard InChI is InChI=1S/C12H16O.C10H20O2/c1-2-3-4-5-8-13-12-9-10-6-7-11(10)12;1-2-3-4-5-6-10-9-11-7-8-12-10/h6-7,9H,2-5,8H2,1H3;10H,2-9H2,1H3. The molecule has 3 rings (SSSR count). The summed E-state index contributed by atoms with van der Waals surface area (Å²) < 4.78 is 16.5. The zero-order valence-corrected chi connectivity index (χ0v) is 16.2. The third-order valence-corrected chi connectivity index (χ3v) is 4.81. The van der Waals surface area contributed by atoms with Crippen LogP contribution in [0.15, 0.2) is 18.2 Å². The first-order chi connectivity index (χ1) is 12.3. The lowest BCUT2D eigenvalue weighted by atomic mass is 10.1. The van der Waals surface area contributed by atoms with Crippen molar-refractivity contribution in [2.24, 2.45) is 0 Å². The van der Waals surface area contributed by atoms with E-state index in [4.69, 9.17) is 14.2 Å². The van der Waals surface area contributed by atoms with Gasteiger partial charge in [-0.05, 0) is 24.1 Å². The Bertz CT molecular complexity index is 549. The Labute approximate surface area is 153 Å². The molecule has 0 aromatic carbocycles. The van der Waals surface area contributed by atoms with Gasteiger partial charge in [0.25, 0.3) is 0 Å². The average Bonchev–Trinajstić information content (AvgIpc) is 2.63. The molecule has 0 bridgehead atoms. The summed E-state index contributed by atoms with van der Waals surface area (Å²) in [4.78, 5) is 0. The van der Waals surface area contributed by atoms with Crippen molar-refractivity contribution < 1.29 is 14.2 Å². The molecule has 0 N–H and O–H groups in total. The van der Waals surface area contributed by atoms with Gasteiger partial charge in [0.2, 0.25) is 0 Å². The molecule has 142 valence electrons. The van der Waals surface area contributed by atoms with Gasteiger partial charge < -0.3 is 14.2 Å². The lowest BCUT2D eigenvalue weighted by Crippen LogP contribution is -2.28. The minimum atomic E-state index is 0.385. The summed E-state index contributed by atoms with van der Waals surface area (Å²) in [5.74, 6) is 1.11. The van der Waals surface area contributed by atoms with E-state index in [0.29, 0.717) is 6.10 Å². The van der Waals surface area contributed by atoms with E-state index in [-0.39, 0.29) is 0 Å². The van der Waals surface area contributed by atoms with Gasteiger partial charge in [-0.2, -0.15) is 0 Å². The van der Waals surface area contributed by atoms with Crippen LogP contribution in [0.3, 0.4) is 0 Å². The van der Waals surface area contributed by atoms with Gasteiger partial charge in [0.15, 0.2) is 0 Å². The Morgan fingerprint density at radius 2 is 1.76 bits per heavy atom. The molecule has 0 radical (unpaired) electrons. The van der Waals surface area contributed by atoms with Crippen molar-refractivity contribution in [3.8, 4) is 5.75 Å². The molecule has 0 aromatic heterocycles. The predicted molar refractivity (Wildman–Crippen MR) is 103 cm³/mol. The Kier molecular flexibility index (Phi) is 9.98. The molecule has 3 heteroatoms. The van der Waals surface area contributed by atoms with Crippen LogP contribution in [0.2, 0.25) is 0 Å². The highest BCUT2D eigenvalue weighted by atomic mass is 16.6. The van der Waals surface area contributed by atoms with Gasteiger partial charge in [0, 0.05) is 5.22 Å². The molecule has 1 unspecified atom stereocenters. The second kappa shape index (κ2) is 12.3. The van der Waals surface area contributed by atoms with E-state index in [0.717, 1.165) is 32.2 Å². The van der Waals surface area contributed by atoms with Crippen LogP contribution in [0, 0.1) is 10.4 Å². The van der Waals surface area contributed by atoms with Crippen molar-refractivity contribution in [1.29, 1.82) is 0 Å². The topological polar surface area (TPSA) is 27.7 Å². The highest BCUT2D eigenvalue weighted by Crippen LogP contribution is 2.24. The van der Waals surface area contributed by atoms with Gasteiger partial charge >= 0.3 is 0 Å². The van der Waals surface area contributed by atoms with Crippen LogP contribution >= 0.6 is 0 Å². The third-order valence-electron chi connectivity index (χ3n) is 4.81. The summed E-state index contributed by atoms with van der Waals surface area (Å²) in [5, 5.41) is 2.69. The molecule has 1 atom stereocenters. The first-order valence-corrected chi connectivity index (χ1v) is 10.3. The zero-order chi connectivity index (χ0) is 17.7. The molecular weight excluding hydrogens is 312 g/mol. The minimum Gasteiger partial charge on any atom is -0.493 e. The van der Waals surface area contributed by atoms with E-state index < -0.39 is 0 Å². The van der Waals surface area contributed by atoms with Gasteiger partial charge in [-0.3, -0.25) is 0 Å². The fraction of sp³-hybridized carbons (Fsp3) is 0.727. The van der Waals surface area contributed by atoms with E-state index in [2.05, 4.69) is 32.0 Å². The number of rotatable bonds is 11. The van der Waals surface area contributed by atoms with Gasteiger partial charge in [0.05, 0.1) is 32.5 Å². The van der Waals surface area contributed by atoms with Gasteiger partial charge in [-0.15, -0.1) is 0 Å². The summed E-state index contributed by atoms with van der Waals surface area (Å²) in [6.45, 7) is 7.73. The van der Waals surface area contributed by atoms with Crippen molar-refractivity contribution >= 4 is 0 Å². The predicted octanol–water partition coefficient (Wildman–Crippen LogP) is 5.62. The quantitative estimate of drug-likeness (QED) is 0.493. The summed E-state index contributed by atoms with van der Waals surface area (Å²) in [6.07, 6.45) is 12.0. The molecule has 3 nitrogen and oxygen atoms in total. The largest absolute Gasteiger partial charge is 0.493 e. The van der Waals surface area contributed by atoms with Crippen LogP contribution in [0.5, 0.6) is 5.75 Å². The zero-order valence-electron chi connectivity index (χ0n) is 16.2. The Morgan fingerprint density at radius 1 is 0.960 bits per heavy atom. The molecule has 25 heavy (non-hydrogen) atoms. The first kappa shape index (κ1) is 20.3. The molecule has 3 aliphatic rings. The fourth-order valence-electron chi connectivity index (χ4n) is 3.09. The van der Waals surface area contributed by atoms with Crippen molar-refractivity contribution in [1.82, 2.24) is 0 Å². The lowest BCUT2D eigenvalue weighted by molar-refractivity contribution is -0.0912. The molecule has 1 saturated heterocycles. The number of hydrogen-bond acceptors (Lipinski definition) is 3. The second-order valence-corrected chi connectivity index (χ2v) is 7.04. The Morgan fingerprint density at radius 3 is 2.32 bits per heavy atom. The van der Waals surface area contributed by atoms with E-state index in [1.54, 1.807) is 0 Å². The SMILES string of the molecule is CCCCCCC1COCCO1.CCCCCCOc1cc2ccc1=2. The molecular formula is C22H36O3. The van der Waals surface area contributed by atoms with Gasteiger partial charge in [-0.1, -0.05) is 70.9 Å². The molecule has 1 aliphatic heterocycles. The van der Waals surface area contributed by atoms with Crippen LogP contribution in [0.4, 0.5) is 0 Å². The van der Waals surface area contributed by atoms with Crippen LogP contribution < -0.4 is 4.74 Å². The van der Waals surface area contributed by atoms with Crippen LogP contribution in [0.25, 0.3) is 0 Å². The average molecular weight is 349 g/mol. The molecule has 0 aromatic rings. The van der Waals surface area contributed by atoms with Crippen LogP contribution in [-0.4, -0.2) is 32.5 Å². The van der Waals surface area contributed by atoms with E-state index in [9.17, 15) is 0 Å². The van der Waals surface area contributed by atoms with Gasteiger partial charge in [0.1, 0.15) is 5.75 Å². The first-order valence-electron chi connectivity index (χ1n) is 10.3. The van der Waals surface area contributed by atoms with Crippen molar-refractivity contribution in [3.63, 3.8) is 0 Å². The normalized spacial score (nSPS) is 17.6. The van der Waals surface area contributed by atoms with Crippen LogP contribution in [-0.2, 0) is 9.47 Å². The number of ether oxygens (including phenoxy) is 3. The van der Waals surface area contributed by atoms with Crippen molar-refractivity contribution in [2.45, 2.75) is 77.7 Å². The summed E-state index contributed by atoms with van der Waals surface area (Å²) >= 11 is 0. The molecule has 1 fully saturated rings. The van der Waals surface area contributed by atoms with Gasteiger partial charge in [-0.25, -0.2) is 0 Å². The molecule has 1 heterocycles. The smallest absolute Gasteiger partial charge is 0.127 e. The molecule has 2 aliphatic carbocycles. The Balaban J connectivity index is 0.000000181. The summed E-state index contributed by atoms with van der Waals surface area (Å²) in [7, 11) is 0. The number of unbranched alkanes of at least 4 members (excludes halogenated alkanes) is 6. The third kappa shape index (κ3) is 7.37. The van der Waals surface area contributed by atoms with E-state index >= 15 is 0 Å². The highest BCUT2D eigenvalue weighted by molar-refractivity contribution is 5.38. The number of hydrogen-bond donors (Lipinski definition) is 0. The number of benzene rings is 1. The lowest BCUT2D eigenvalue weighted by Gasteiger charge is -2.22. The molecule has 0 saturated carbocycles. The molecule has 0 amide bonds. The maximum Gasteiger partial charge on any atom is 0.127 e.